The summed E-state index contributed by atoms with van der Waals surface area (Å²) in [5, 5.41) is 2.47. The second kappa shape index (κ2) is 10.6. The average molecular weight is 442 g/mol. The van der Waals surface area contributed by atoms with E-state index in [0.29, 0.717) is 6.42 Å². The minimum atomic E-state index is -4.57. The van der Waals surface area contributed by atoms with Gasteiger partial charge in [-0.3, -0.25) is 4.79 Å². The Morgan fingerprint density at radius 1 is 1.32 bits per heavy atom. The van der Waals surface area contributed by atoms with E-state index in [0.717, 1.165) is 6.07 Å². The monoisotopic (exact) mass is 442 g/mol. The average Bonchev–Trinajstić information content (AvgIpc) is 2.74. The van der Waals surface area contributed by atoms with Gasteiger partial charge in [-0.05, 0) is 30.3 Å². The van der Waals surface area contributed by atoms with Gasteiger partial charge in [0.25, 0.3) is 11.9 Å². The third-order valence-electron chi connectivity index (χ3n) is 3.91. The zero-order valence-electron chi connectivity index (χ0n) is 16.9. The highest BCUT2D eigenvalue weighted by Crippen LogP contribution is 2.29. The second-order valence-corrected chi connectivity index (χ2v) is 6.06. The molecule has 0 bridgehead atoms. The van der Waals surface area contributed by atoms with Gasteiger partial charge in [0.15, 0.2) is 18.1 Å². The topological polar surface area (TPSA) is 98.8 Å². The van der Waals surface area contributed by atoms with Crippen molar-refractivity contribution in [3.63, 3.8) is 0 Å². The summed E-state index contributed by atoms with van der Waals surface area (Å²) >= 11 is 0. The number of aliphatic imine (C=N–C) groups is 1. The molecule has 0 aliphatic carbocycles. The predicted molar refractivity (Wildman–Crippen MR) is 106 cm³/mol. The second-order valence-electron chi connectivity index (χ2n) is 6.06. The summed E-state index contributed by atoms with van der Waals surface area (Å²) in [6.45, 7) is 2.70. The molecular weight excluding hydrogens is 420 g/mol. The number of nitrogens with one attached hydrogen (secondary N) is 1. The van der Waals surface area contributed by atoms with E-state index in [1.165, 1.54) is 30.5 Å². The zero-order chi connectivity index (χ0) is 23.0. The van der Waals surface area contributed by atoms with Gasteiger partial charge in [-0.1, -0.05) is 13.8 Å². The van der Waals surface area contributed by atoms with Crippen LogP contribution in [0.4, 0.5) is 23.2 Å². The number of anilines is 1. The Morgan fingerprint density at radius 2 is 2.06 bits per heavy atom. The number of rotatable bonds is 5. The van der Waals surface area contributed by atoms with Gasteiger partial charge < -0.3 is 20.5 Å². The summed E-state index contributed by atoms with van der Waals surface area (Å²) in [4.78, 5) is 20.3. The van der Waals surface area contributed by atoms with Crippen LogP contribution < -0.4 is 15.8 Å². The maximum Gasteiger partial charge on any atom is 0.422 e. The zero-order valence-corrected chi connectivity index (χ0v) is 16.9. The third-order valence-corrected chi connectivity index (χ3v) is 3.91. The van der Waals surface area contributed by atoms with E-state index in [9.17, 15) is 22.4 Å². The number of nitrogens with zero attached hydrogens (tertiary/aromatic N) is 2. The van der Waals surface area contributed by atoms with Crippen molar-refractivity contribution in [3.8, 4) is 5.75 Å². The van der Waals surface area contributed by atoms with E-state index < -0.39 is 30.5 Å². The molecule has 1 aromatic heterocycles. The molecule has 7 nitrogen and oxygen atoms in total. The van der Waals surface area contributed by atoms with Crippen molar-refractivity contribution in [2.75, 3.05) is 18.5 Å². The third kappa shape index (κ3) is 6.83. The van der Waals surface area contributed by atoms with Crippen molar-refractivity contribution in [2.24, 2.45) is 10.7 Å². The first kappa shape index (κ1) is 23.9. The molecule has 2 heterocycles. The molecule has 1 amide bonds. The molecule has 1 unspecified atom stereocenters. The number of amidine groups is 1. The van der Waals surface area contributed by atoms with Crippen molar-refractivity contribution in [3.05, 3.63) is 53.6 Å². The molecule has 1 atom stereocenters. The highest BCUT2D eigenvalue weighted by atomic mass is 19.4. The van der Waals surface area contributed by atoms with Crippen molar-refractivity contribution >= 4 is 17.6 Å². The molecule has 1 aliphatic heterocycles. The smallest absolute Gasteiger partial charge is 0.422 e. The number of pyridine rings is 1. The molecule has 3 N–H and O–H groups in total. The molecule has 31 heavy (non-hydrogen) atoms. The Morgan fingerprint density at radius 3 is 2.74 bits per heavy atom. The number of halogens is 4. The Bertz CT molecular complexity index is 935. The fourth-order valence-corrected chi connectivity index (χ4v) is 2.66. The number of carbonyl (C=O) groups is 1. The summed E-state index contributed by atoms with van der Waals surface area (Å²) in [7, 11) is 0. The van der Waals surface area contributed by atoms with Crippen LogP contribution in [0.3, 0.4) is 0 Å². The van der Waals surface area contributed by atoms with E-state index in [1.54, 1.807) is 0 Å². The minimum Gasteiger partial charge on any atom is -0.482 e. The SMILES string of the molecule is CC.NC1=NC(c2cc(NC(=O)c3ncccc3OCC(F)(F)F)ccc2F)CCO1. The van der Waals surface area contributed by atoms with Gasteiger partial charge in [-0.25, -0.2) is 14.4 Å². The van der Waals surface area contributed by atoms with Crippen LogP contribution in [-0.2, 0) is 4.74 Å². The summed E-state index contributed by atoms with van der Waals surface area (Å²) in [6, 6.07) is 5.72. The van der Waals surface area contributed by atoms with E-state index in [1.807, 2.05) is 13.8 Å². The molecule has 0 saturated carbocycles. The normalized spacial score (nSPS) is 15.7. The Balaban J connectivity index is 0.00000166. The standard InChI is InChI=1S/C18H16F4N4O3.C2H6/c19-12-4-3-10(8-11(12)13-5-7-28-17(23)26-13)25-16(27)15-14(2-1-6-24-15)29-9-18(20,21)22;1-2/h1-4,6,8,13H,5,7,9H2,(H2,23,26)(H,25,27);1-2H3. The van der Waals surface area contributed by atoms with Crippen LogP contribution in [0.25, 0.3) is 0 Å². The van der Waals surface area contributed by atoms with Crippen LogP contribution in [0.1, 0.15) is 42.4 Å². The van der Waals surface area contributed by atoms with Crippen LogP contribution in [-0.4, -0.2) is 36.3 Å². The van der Waals surface area contributed by atoms with Gasteiger partial charge in [0.2, 0.25) is 0 Å². The Labute approximate surface area is 176 Å². The van der Waals surface area contributed by atoms with Gasteiger partial charge in [0.05, 0.1) is 12.6 Å². The first-order valence-electron chi connectivity index (χ1n) is 9.44. The Kier molecular flexibility index (Phi) is 8.17. The van der Waals surface area contributed by atoms with Gasteiger partial charge >= 0.3 is 6.18 Å². The number of benzene rings is 1. The quantitative estimate of drug-likeness (QED) is 0.676. The van der Waals surface area contributed by atoms with Gasteiger partial charge in [-0.15, -0.1) is 0 Å². The number of alkyl halides is 3. The first-order chi connectivity index (χ1) is 14.7. The molecule has 11 heteroatoms. The fourth-order valence-electron chi connectivity index (χ4n) is 2.66. The molecule has 0 fully saturated rings. The fraction of sp³-hybridized carbons (Fsp3) is 0.350. The summed E-state index contributed by atoms with van der Waals surface area (Å²) in [5.74, 6) is -1.68. The molecule has 2 aromatic rings. The van der Waals surface area contributed by atoms with Crippen molar-refractivity contribution in [2.45, 2.75) is 32.5 Å². The summed E-state index contributed by atoms with van der Waals surface area (Å²) in [6.07, 6.45) is -2.93. The van der Waals surface area contributed by atoms with Gasteiger partial charge in [-0.2, -0.15) is 13.2 Å². The molecule has 3 rings (SSSR count). The molecular formula is C20H22F4N4O3. The van der Waals surface area contributed by atoms with E-state index >= 15 is 0 Å². The number of nitrogens with two attached hydrogens (primary N) is 1. The van der Waals surface area contributed by atoms with Crippen LogP contribution in [0.5, 0.6) is 5.75 Å². The van der Waals surface area contributed by atoms with Crippen LogP contribution in [0.2, 0.25) is 0 Å². The molecule has 168 valence electrons. The van der Waals surface area contributed by atoms with Crippen molar-refractivity contribution < 1.29 is 31.8 Å². The van der Waals surface area contributed by atoms with Crippen LogP contribution >= 0.6 is 0 Å². The molecule has 0 spiro atoms. The van der Waals surface area contributed by atoms with Crippen molar-refractivity contribution in [1.82, 2.24) is 4.98 Å². The highest BCUT2D eigenvalue weighted by molar-refractivity contribution is 6.04. The highest BCUT2D eigenvalue weighted by Gasteiger charge is 2.29. The maximum absolute atomic E-state index is 14.2. The predicted octanol–water partition coefficient (Wildman–Crippen LogP) is 4.22. The summed E-state index contributed by atoms with van der Waals surface area (Å²) in [5.41, 5.74) is 5.58. The molecule has 0 radical (unpaired) electrons. The summed E-state index contributed by atoms with van der Waals surface area (Å²) < 4.78 is 61.1. The lowest BCUT2D eigenvalue weighted by molar-refractivity contribution is -0.153. The van der Waals surface area contributed by atoms with E-state index in [2.05, 4.69) is 20.0 Å². The lowest BCUT2D eigenvalue weighted by atomic mass is 10.0. The largest absolute Gasteiger partial charge is 0.482 e. The number of ether oxygens (including phenoxy) is 2. The van der Waals surface area contributed by atoms with E-state index in [4.69, 9.17) is 10.5 Å². The van der Waals surface area contributed by atoms with E-state index in [-0.39, 0.29) is 35.3 Å². The maximum atomic E-state index is 14.2. The van der Waals surface area contributed by atoms with Gasteiger partial charge in [0, 0.05) is 23.9 Å². The lowest BCUT2D eigenvalue weighted by Gasteiger charge is -2.20. The number of hydrogen-bond acceptors (Lipinski definition) is 6. The number of amides is 1. The molecule has 1 aromatic carbocycles. The molecule has 0 saturated heterocycles. The first-order valence-corrected chi connectivity index (χ1v) is 9.44. The Hall–Kier alpha value is -3.37. The van der Waals surface area contributed by atoms with Crippen LogP contribution in [0, 0.1) is 5.82 Å². The number of hydrogen-bond donors (Lipinski definition) is 2. The number of aromatic nitrogens is 1. The molecule has 1 aliphatic rings. The lowest BCUT2D eigenvalue weighted by Crippen LogP contribution is -2.24. The number of carbonyl (C=O) groups excluding carboxylic acids is 1. The van der Waals surface area contributed by atoms with Gasteiger partial charge in [0.1, 0.15) is 5.82 Å². The van der Waals surface area contributed by atoms with Crippen molar-refractivity contribution in [1.29, 1.82) is 0 Å². The minimum absolute atomic E-state index is 0.0602. The van der Waals surface area contributed by atoms with Crippen LogP contribution in [0.15, 0.2) is 41.5 Å².